The Bertz CT molecular complexity index is 700. The average Bonchev–Trinajstić information content (AvgIpc) is 2.51. The number of carbonyl (C=O) groups excluding carboxylic acids is 1. The fourth-order valence-corrected chi connectivity index (χ4v) is 1.80. The minimum absolute atomic E-state index is 0.230. The van der Waals surface area contributed by atoms with Crippen LogP contribution in [-0.4, -0.2) is 13.1 Å². The van der Waals surface area contributed by atoms with Crippen molar-refractivity contribution in [1.29, 1.82) is 0 Å². The summed E-state index contributed by atoms with van der Waals surface area (Å²) >= 11 is 0. The fraction of sp³-hybridized carbons (Fsp3) is 0.133. The number of halogens is 4. The third-order valence-electron chi connectivity index (χ3n) is 2.97. The molecule has 0 unspecified atom stereocenters. The molecule has 0 aliphatic heterocycles. The Kier molecular flexibility index (Phi) is 4.35. The second-order valence-corrected chi connectivity index (χ2v) is 4.49. The predicted octanol–water partition coefficient (Wildman–Crippen LogP) is 4.08. The standard InChI is InChI=1S/C15H11F4NO2/c1-7-3-5-8(6-4-7)20-14-12(18)10(16)9(15(21)22-2)11(17)13(14)19/h3-6,20H,1-2H3. The zero-order valence-corrected chi connectivity index (χ0v) is 11.6. The number of hydrogen-bond acceptors (Lipinski definition) is 3. The van der Waals surface area contributed by atoms with Gasteiger partial charge in [-0.1, -0.05) is 17.7 Å². The van der Waals surface area contributed by atoms with Crippen molar-refractivity contribution in [3.63, 3.8) is 0 Å². The van der Waals surface area contributed by atoms with Crippen molar-refractivity contribution in [2.24, 2.45) is 0 Å². The molecule has 22 heavy (non-hydrogen) atoms. The summed E-state index contributed by atoms with van der Waals surface area (Å²) < 4.78 is 59.5. The molecular weight excluding hydrogens is 302 g/mol. The summed E-state index contributed by atoms with van der Waals surface area (Å²) in [6.45, 7) is 1.80. The molecule has 2 aromatic carbocycles. The van der Waals surface area contributed by atoms with Gasteiger partial charge in [-0.2, -0.15) is 0 Å². The van der Waals surface area contributed by atoms with Crippen molar-refractivity contribution in [3.05, 3.63) is 58.7 Å². The van der Waals surface area contributed by atoms with Crippen LogP contribution >= 0.6 is 0 Å². The Labute approximate surface area is 123 Å². The van der Waals surface area contributed by atoms with Crippen LogP contribution in [0.3, 0.4) is 0 Å². The Balaban J connectivity index is 2.53. The largest absolute Gasteiger partial charge is 0.465 e. The number of esters is 1. The molecular formula is C15H11F4NO2. The molecule has 116 valence electrons. The lowest BCUT2D eigenvalue weighted by Crippen LogP contribution is -2.14. The fourth-order valence-electron chi connectivity index (χ4n) is 1.80. The summed E-state index contributed by atoms with van der Waals surface area (Å²) in [5, 5.41) is 2.25. The zero-order chi connectivity index (χ0) is 16.4. The molecule has 0 saturated heterocycles. The first kappa shape index (κ1) is 15.8. The van der Waals surface area contributed by atoms with Gasteiger partial charge in [0, 0.05) is 5.69 Å². The Morgan fingerprint density at radius 2 is 1.45 bits per heavy atom. The van der Waals surface area contributed by atoms with Gasteiger partial charge in [0.1, 0.15) is 11.3 Å². The highest BCUT2D eigenvalue weighted by atomic mass is 19.2. The second kappa shape index (κ2) is 6.05. The summed E-state index contributed by atoms with van der Waals surface area (Å²) in [5.41, 5.74) is -1.31. The maximum atomic E-state index is 13.9. The molecule has 2 aromatic rings. The first-order valence-electron chi connectivity index (χ1n) is 6.14. The summed E-state index contributed by atoms with van der Waals surface area (Å²) in [6, 6.07) is 6.26. The second-order valence-electron chi connectivity index (χ2n) is 4.49. The number of hydrogen-bond donors (Lipinski definition) is 1. The molecule has 0 heterocycles. The van der Waals surface area contributed by atoms with Gasteiger partial charge in [0.15, 0.2) is 23.3 Å². The normalized spacial score (nSPS) is 10.5. The lowest BCUT2D eigenvalue weighted by atomic mass is 10.1. The van der Waals surface area contributed by atoms with Crippen molar-refractivity contribution in [3.8, 4) is 0 Å². The van der Waals surface area contributed by atoms with Gasteiger partial charge in [-0.3, -0.25) is 0 Å². The van der Waals surface area contributed by atoms with E-state index in [0.29, 0.717) is 0 Å². The van der Waals surface area contributed by atoms with Crippen molar-refractivity contribution in [1.82, 2.24) is 0 Å². The van der Waals surface area contributed by atoms with E-state index in [1.165, 1.54) is 12.1 Å². The lowest BCUT2D eigenvalue weighted by Gasteiger charge is -2.12. The van der Waals surface area contributed by atoms with Crippen LogP contribution < -0.4 is 5.32 Å². The maximum absolute atomic E-state index is 13.9. The van der Waals surface area contributed by atoms with Crippen LogP contribution in [0.2, 0.25) is 0 Å². The van der Waals surface area contributed by atoms with Gasteiger partial charge in [-0.25, -0.2) is 22.4 Å². The number of ether oxygens (including phenoxy) is 1. The summed E-state index contributed by atoms with van der Waals surface area (Å²) in [4.78, 5) is 11.2. The van der Waals surface area contributed by atoms with E-state index >= 15 is 0 Å². The van der Waals surface area contributed by atoms with Gasteiger partial charge >= 0.3 is 5.97 Å². The van der Waals surface area contributed by atoms with Gasteiger partial charge in [0.25, 0.3) is 0 Å². The van der Waals surface area contributed by atoms with Crippen molar-refractivity contribution < 1.29 is 27.1 Å². The van der Waals surface area contributed by atoms with E-state index in [0.717, 1.165) is 12.7 Å². The molecule has 0 aromatic heterocycles. The van der Waals surface area contributed by atoms with Crippen molar-refractivity contribution in [2.45, 2.75) is 6.92 Å². The van der Waals surface area contributed by atoms with Crippen molar-refractivity contribution >= 4 is 17.3 Å². The van der Waals surface area contributed by atoms with Gasteiger partial charge in [-0.05, 0) is 19.1 Å². The summed E-state index contributed by atoms with van der Waals surface area (Å²) in [6.07, 6.45) is 0. The van der Waals surface area contributed by atoms with Crippen LogP contribution in [0, 0.1) is 30.2 Å². The van der Waals surface area contributed by atoms with E-state index < -0.39 is 40.5 Å². The van der Waals surface area contributed by atoms with Gasteiger partial charge in [-0.15, -0.1) is 0 Å². The molecule has 0 amide bonds. The molecule has 0 saturated carbocycles. The van der Waals surface area contributed by atoms with E-state index in [9.17, 15) is 22.4 Å². The Hall–Kier alpha value is -2.57. The molecule has 3 nitrogen and oxygen atoms in total. The molecule has 1 N–H and O–H groups in total. The highest BCUT2D eigenvalue weighted by Crippen LogP contribution is 2.30. The Morgan fingerprint density at radius 3 is 1.91 bits per heavy atom. The average molecular weight is 313 g/mol. The molecule has 7 heteroatoms. The molecule has 0 bridgehead atoms. The topological polar surface area (TPSA) is 38.3 Å². The molecule has 0 fully saturated rings. The van der Waals surface area contributed by atoms with Crippen LogP contribution in [0.15, 0.2) is 24.3 Å². The van der Waals surface area contributed by atoms with Crippen LogP contribution in [0.1, 0.15) is 15.9 Å². The van der Waals surface area contributed by atoms with Crippen molar-refractivity contribution in [2.75, 3.05) is 12.4 Å². The van der Waals surface area contributed by atoms with Gasteiger partial charge in [0.2, 0.25) is 0 Å². The number of rotatable bonds is 3. The van der Waals surface area contributed by atoms with E-state index in [1.807, 2.05) is 0 Å². The summed E-state index contributed by atoms with van der Waals surface area (Å²) in [7, 11) is 0.843. The van der Waals surface area contributed by atoms with E-state index in [-0.39, 0.29) is 5.69 Å². The first-order chi connectivity index (χ1) is 10.4. The third kappa shape index (κ3) is 2.74. The third-order valence-corrected chi connectivity index (χ3v) is 2.97. The predicted molar refractivity (Wildman–Crippen MR) is 72.1 cm³/mol. The minimum Gasteiger partial charge on any atom is -0.465 e. The van der Waals surface area contributed by atoms with Crippen LogP contribution in [0.5, 0.6) is 0 Å². The molecule has 0 aliphatic carbocycles. The van der Waals surface area contributed by atoms with E-state index in [4.69, 9.17) is 0 Å². The molecule has 0 radical (unpaired) electrons. The first-order valence-corrected chi connectivity index (χ1v) is 6.14. The smallest absolute Gasteiger partial charge is 0.344 e. The minimum atomic E-state index is -1.82. The quantitative estimate of drug-likeness (QED) is 0.527. The number of nitrogens with one attached hydrogen (secondary N) is 1. The van der Waals surface area contributed by atoms with Crippen LogP contribution in [0.25, 0.3) is 0 Å². The number of aryl methyl sites for hydroxylation is 1. The molecule has 0 aliphatic rings. The number of methoxy groups -OCH3 is 1. The highest BCUT2D eigenvalue weighted by Gasteiger charge is 2.30. The van der Waals surface area contributed by atoms with E-state index in [1.54, 1.807) is 19.1 Å². The summed E-state index contributed by atoms with van der Waals surface area (Å²) in [5.74, 6) is -8.56. The molecule has 0 atom stereocenters. The van der Waals surface area contributed by atoms with Gasteiger partial charge in [0.05, 0.1) is 7.11 Å². The number of benzene rings is 2. The number of carbonyl (C=O) groups is 1. The van der Waals surface area contributed by atoms with E-state index in [2.05, 4.69) is 10.1 Å². The Morgan fingerprint density at radius 1 is 0.955 bits per heavy atom. The monoisotopic (exact) mass is 313 g/mol. The molecule has 2 rings (SSSR count). The van der Waals surface area contributed by atoms with Crippen LogP contribution in [0.4, 0.5) is 28.9 Å². The lowest BCUT2D eigenvalue weighted by molar-refractivity contribution is 0.0587. The SMILES string of the molecule is COC(=O)c1c(F)c(F)c(Nc2ccc(C)cc2)c(F)c1F. The maximum Gasteiger partial charge on any atom is 0.344 e. The molecule has 0 spiro atoms. The van der Waals surface area contributed by atoms with Gasteiger partial charge < -0.3 is 10.1 Å². The highest BCUT2D eigenvalue weighted by molar-refractivity contribution is 5.90. The number of anilines is 2. The zero-order valence-electron chi connectivity index (χ0n) is 11.6. The van der Waals surface area contributed by atoms with Crippen LogP contribution in [-0.2, 0) is 4.74 Å².